The molecule has 1 aliphatic rings. The molecule has 37 heavy (non-hydrogen) atoms. The van der Waals surface area contributed by atoms with Crippen LogP contribution in [0.3, 0.4) is 0 Å². The zero-order valence-corrected chi connectivity index (χ0v) is 20.6. The van der Waals surface area contributed by atoms with Crippen molar-refractivity contribution in [2.24, 2.45) is 0 Å². The molecule has 0 aliphatic heterocycles. The van der Waals surface area contributed by atoms with E-state index in [-0.39, 0.29) is 30.0 Å². The molecule has 5 aromatic rings. The molecule has 6 rings (SSSR count). The quantitative estimate of drug-likeness (QED) is 0.361. The third-order valence-corrected chi connectivity index (χ3v) is 7.03. The van der Waals surface area contributed by atoms with Crippen molar-refractivity contribution >= 4 is 27.5 Å². The zero-order valence-electron chi connectivity index (χ0n) is 20.6. The average Bonchev–Trinajstić information content (AvgIpc) is 3.22. The fourth-order valence-electron chi connectivity index (χ4n) is 5.27. The minimum Gasteiger partial charge on any atom is -0.493 e. The SMILES string of the molecule is COc1cc2nc(C)n(CCn3c4c(c5ccccc5c3=O)C(=O)c3ccccc3-4)c(=O)c2cc1OC. The Balaban J connectivity index is 1.52. The van der Waals surface area contributed by atoms with Crippen molar-refractivity contribution in [3.8, 4) is 22.8 Å². The van der Waals surface area contributed by atoms with Crippen LogP contribution in [0.2, 0.25) is 0 Å². The molecule has 0 saturated heterocycles. The summed E-state index contributed by atoms with van der Waals surface area (Å²) in [7, 11) is 3.04. The fraction of sp³-hybridized carbons (Fsp3) is 0.172. The molecule has 3 aromatic carbocycles. The van der Waals surface area contributed by atoms with Gasteiger partial charge in [0.1, 0.15) is 5.82 Å². The number of rotatable bonds is 5. The van der Waals surface area contributed by atoms with E-state index in [1.54, 1.807) is 46.4 Å². The van der Waals surface area contributed by atoms with Crippen molar-refractivity contribution in [1.82, 2.24) is 14.1 Å². The number of fused-ring (bicyclic) bond motifs is 6. The van der Waals surface area contributed by atoms with E-state index in [1.165, 1.54) is 14.2 Å². The molecule has 0 spiro atoms. The summed E-state index contributed by atoms with van der Waals surface area (Å²) in [5.74, 6) is 1.33. The zero-order chi connectivity index (χ0) is 25.8. The highest BCUT2D eigenvalue weighted by atomic mass is 16.5. The minimum atomic E-state index is -0.245. The first-order valence-corrected chi connectivity index (χ1v) is 11.9. The van der Waals surface area contributed by atoms with Crippen LogP contribution in [0.1, 0.15) is 21.7 Å². The topological polar surface area (TPSA) is 92.4 Å². The summed E-state index contributed by atoms with van der Waals surface area (Å²) in [4.78, 5) is 45.2. The first-order chi connectivity index (χ1) is 17.9. The van der Waals surface area contributed by atoms with E-state index >= 15 is 0 Å². The largest absolute Gasteiger partial charge is 0.493 e. The average molecular weight is 494 g/mol. The van der Waals surface area contributed by atoms with Gasteiger partial charge >= 0.3 is 0 Å². The predicted octanol–water partition coefficient (Wildman–Crippen LogP) is 3.95. The van der Waals surface area contributed by atoms with Gasteiger partial charge in [0.15, 0.2) is 17.3 Å². The Morgan fingerprint density at radius 3 is 2.05 bits per heavy atom. The third kappa shape index (κ3) is 3.29. The lowest BCUT2D eigenvalue weighted by atomic mass is 10.0. The van der Waals surface area contributed by atoms with Gasteiger partial charge in [0.05, 0.1) is 36.4 Å². The van der Waals surface area contributed by atoms with Crippen LogP contribution >= 0.6 is 0 Å². The number of hydrogen-bond acceptors (Lipinski definition) is 6. The maximum absolute atomic E-state index is 13.7. The van der Waals surface area contributed by atoms with E-state index in [0.717, 1.165) is 5.56 Å². The number of aryl methyl sites for hydroxylation is 1. The Morgan fingerprint density at radius 1 is 0.730 bits per heavy atom. The molecular weight excluding hydrogens is 470 g/mol. The molecule has 8 heteroatoms. The molecule has 0 radical (unpaired) electrons. The van der Waals surface area contributed by atoms with Gasteiger partial charge in [0, 0.05) is 41.1 Å². The molecule has 0 unspecified atom stereocenters. The van der Waals surface area contributed by atoms with Gasteiger partial charge < -0.3 is 14.0 Å². The molecule has 0 saturated carbocycles. The summed E-state index contributed by atoms with van der Waals surface area (Å²) < 4.78 is 13.9. The van der Waals surface area contributed by atoms with Crippen LogP contribution in [-0.2, 0) is 13.1 Å². The third-order valence-electron chi connectivity index (χ3n) is 7.03. The smallest absolute Gasteiger partial charge is 0.261 e. The van der Waals surface area contributed by atoms with E-state index in [1.807, 2.05) is 30.3 Å². The number of benzene rings is 3. The van der Waals surface area contributed by atoms with Crippen molar-refractivity contribution in [2.75, 3.05) is 14.2 Å². The van der Waals surface area contributed by atoms with Gasteiger partial charge in [0.25, 0.3) is 11.1 Å². The van der Waals surface area contributed by atoms with Crippen LogP contribution in [0.4, 0.5) is 0 Å². The minimum absolute atomic E-state index is 0.0997. The van der Waals surface area contributed by atoms with Gasteiger partial charge in [-0.05, 0) is 19.1 Å². The van der Waals surface area contributed by atoms with Gasteiger partial charge in [-0.2, -0.15) is 0 Å². The van der Waals surface area contributed by atoms with Gasteiger partial charge in [0.2, 0.25) is 0 Å². The van der Waals surface area contributed by atoms with Gasteiger partial charge in [-0.15, -0.1) is 0 Å². The molecule has 0 fully saturated rings. The fourth-order valence-corrected chi connectivity index (χ4v) is 5.27. The summed E-state index contributed by atoms with van der Waals surface area (Å²) in [6, 6.07) is 17.8. The summed E-state index contributed by atoms with van der Waals surface area (Å²) in [5.41, 5.74) is 2.46. The van der Waals surface area contributed by atoms with Crippen LogP contribution in [-0.4, -0.2) is 34.1 Å². The lowest BCUT2D eigenvalue weighted by Gasteiger charge is -2.17. The Labute approximate surface area is 211 Å². The maximum Gasteiger partial charge on any atom is 0.261 e. The second kappa shape index (κ2) is 8.44. The highest BCUT2D eigenvalue weighted by Gasteiger charge is 2.32. The summed E-state index contributed by atoms with van der Waals surface area (Å²) >= 11 is 0. The van der Waals surface area contributed by atoms with E-state index in [2.05, 4.69) is 4.98 Å². The molecule has 0 atom stereocenters. The van der Waals surface area contributed by atoms with Crippen molar-refractivity contribution in [1.29, 1.82) is 0 Å². The molecule has 2 aromatic heterocycles. The standard InChI is InChI=1S/C29H23N3O5/c1-16-30-22-15-24(37-3)23(36-2)14-21(22)29(35)31(16)12-13-32-26-18-9-5-6-10-19(18)27(33)25(26)17-8-4-7-11-20(17)28(32)34/h4-11,14-15H,12-13H2,1-3H3. The van der Waals surface area contributed by atoms with Crippen molar-refractivity contribution in [3.63, 3.8) is 0 Å². The first kappa shape index (κ1) is 22.7. The number of hydrogen-bond donors (Lipinski definition) is 0. The number of ether oxygens (including phenoxy) is 2. The second-order valence-corrected chi connectivity index (χ2v) is 8.94. The number of carbonyl (C=O) groups is 1. The van der Waals surface area contributed by atoms with Crippen LogP contribution in [0, 0.1) is 6.92 Å². The molecule has 0 N–H and O–H groups in total. The number of pyridine rings is 1. The van der Waals surface area contributed by atoms with E-state index < -0.39 is 0 Å². The Kier molecular flexibility index (Phi) is 5.19. The lowest BCUT2D eigenvalue weighted by molar-refractivity contribution is 0.104. The molecule has 184 valence electrons. The van der Waals surface area contributed by atoms with E-state index in [9.17, 15) is 14.4 Å². The molecule has 1 aliphatic carbocycles. The predicted molar refractivity (Wildman–Crippen MR) is 141 cm³/mol. The molecule has 2 heterocycles. The van der Waals surface area contributed by atoms with Gasteiger partial charge in [-0.1, -0.05) is 42.5 Å². The highest BCUT2D eigenvalue weighted by molar-refractivity contribution is 6.26. The van der Waals surface area contributed by atoms with E-state index in [0.29, 0.717) is 55.8 Å². The van der Waals surface area contributed by atoms with Gasteiger partial charge in [-0.25, -0.2) is 4.98 Å². The summed E-state index contributed by atoms with van der Waals surface area (Å²) in [6.45, 7) is 2.14. The lowest BCUT2D eigenvalue weighted by Crippen LogP contribution is -2.30. The maximum atomic E-state index is 13.7. The number of carbonyl (C=O) groups excluding carboxylic acids is 1. The van der Waals surface area contributed by atoms with Gasteiger partial charge in [-0.3, -0.25) is 19.0 Å². The molecule has 0 amide bonds. The molecular formula is C29H23N3O5. The van der Waals surface area contributed by atoms with Crippen LogP contribution in [0.25, 0.3) is 32.9 Å². The second-order valence-electron chi connectivity index (χ2n) is 8.94. The van der Waals surface area contributed by atoms with Crippen LogP contribution < -0.4 is 20.6 Å². The number of aromatic nitrogens is 3. The van der Waals surface area contributed by atoms with Crippen LogP contribution in [0.5, 0.6) is 11.5 Å². The molecule has 8 nitrogen and oxygen atoms in total. The Hall–Kier alpha value is -4.72. The van der Waals surface area contributed by atoms with Crippen LogP contribution in [0.15, 0.2) is 70.3 Å². The van der Waals surface area contributed by atoms with Crippen molar-refractivity contribution < 1.29 is 14.3 Å². The number of ketones is 1. The molecule has 0 bridgehead atoms. The highest BCUT2D eigenvalue weighted by Crippen LogP contribution is 2.39. The summed E-state index contributed by atoms with van der Waals surface area (Å²) in [6.07, 6.45) is 0. The summed E-state index contributed by atoms with van der Waals surface area (Å²) in [5, 5.41) is 1.50. The van der Waals surface area contributed by atoms with Crippen molar-refractivity contribution in [3.05, 3.63) is 98.3 Å². The normalized spacial score (nSPS) is 12.1. The van der Waals surface area contributed by atoms with E-state index in [4.69, 9.17) is 9.47 Å². The number of methoxy groups -OCH3 is 2. The number of nitrogens with zero attached hydrogens (tertiary/aromatic N) is 3. The monoisotopic (exact) mass is 493 g/mol. The van der Waals surface area contributed by atoms with Crippen molar-refractivity contribution in [2.45, 2.75) is 20.0 Å². The Morgan fingerprint density at radius 2 is 1.32 bits per heavy atom. The first-order valence-electron chi connectivity index (χ1n) is 11.9. The Bertz CT molecular complexity index is 1880.